The van der Waals surface area contributed by atoms with Crippen LogP contribution in [0.5, 0.6) is 5.75 Å². The number of rotatable bonds is 11. The van der Waals surface area contributed by atoms with Gasteiger partial charge in [0.05, 0.1) is 23.1 Å². The van der Waals surface area contributed by atoms with Crippen molar-refractivity contribution in [3.8, 4) is 5.75 Å². The molecule has 31 heavy (non-hydrogen) atoms. The molecule has 1 fully saturated rings. The maximum atomic E-state index is 11.7. The van der Waals surface area contributed by atoms with Gasteiger partial charge in [0.25, 0.3) is 0 Å². The molecule has 3 aromatic rings. The summed E-state index contributed by atoms with van der Waals surface area (Å²) in [6.45, 7) is 2.93. The van der Waals surface area contributed by atoms with E-state index in [0.717, 1.165) is 17.0 Å². The smallest absolute Gasteiger partial charge is 0.232 e. The summed E-state index contributed by atoms with van der Waals surface area (Å²) in [5.41, 5.74) is 3.23. The number of ether oxygens (including phenoxy) is 1. The van der Waals surface area contributed by atoms with Gasteiger partial charge in [0.1, 0.15) is 12.4 Å². The highest BCUT2D eigenvalue weighted by Gasteiger charge is 2.27. The first-order valence-electron chi connectivity index (χ1n) is 10.6. The Labute approximate surface area is 182 Å². The Morgan fingerprint density at radius 1 is 1.26 bits per heavy atom. The van der Waals surface area contributed by atoms with Crippen molar-refractivity contribution in [1.29, 1.82) is 0 Å². The lowest BCUT2D eigenvalue weighted by Crippen LogP contribution is -2.26. The number of hydrogen-bond acceptors (Lipinski definition) is 6. The first-order valence-corrected chi connectivity index (χ1v) is 12.2. The molecule has 0 spiro atoms. The van der Waals surface area contributed by atoms with Crippen LogP contribution < -0.4 is 14.8 Å². The van der Waals surface area contributed by atoms with Crippen molar-refractivity contribution in [3.63, 3.8) is 0 Å². The molecule has 166 valence electrons. The van der Waals surface area contributed by atoms with Crippen LogP contribution in [0.2, 0.25) is 0 Å². The van der Waals surface area contributed by atoms with Gasteiger partial charge in [-0.25, -0.2) is 8.42 Å². The van der Waals surface area contributed by atoms with E-state index in [1.165, 1.54) is 18.2 Å². The lowest BCUT2D eigenvalue weighted by atomic mass is 10.1. The molecule has 2 aromatic carbocycles. The first kappa shape index (κ1) is 21.6. The van der Waals surface area contributed by atoms with Crippen LogP contribution in [0.3, 0.4) is 0 Å². The predicted molar refractivity (Wildman–Crippen MR) is 121 cm³/mol. The molecular formula is C22H28N4O4S. The Morgan fingerprint density at radius 3 is 2.87 bits per heavy atom. The van der Waals surface area contributed by atoms with Crippen LogP contribution in [-0.2, 0) is 10.0 Å². The van der Waals surface area contributed by atoms with Crippen molar-refractivity contribution in [3.05, 3.63) is 53.7 Å². The Bertz CT molecular complexity index is 1140. The summed E-state index contributed by atoms with van der Waals surface area (Å²) in [4.78, 5) is 0. The number of aliphatic hydroxyl groups excluding tert-OH is 1. The van der Waals surface area contributed by atoms with Gasteiger partial charge in [-0.1, -0.05) is 12.1 Å². The van der Waals surface area contributed by atoms with Gasteiger partial charge < -0.3 is 15.2 Å². The molecule has 4 rings (SSSR count). The maximum absolute atomic E-state index is 11.7. The molecule has 1 aliphatic carbocycles. The van der Waals surface area contributed by atoms with Gasteiger partial charge in [-0.05, 0) is 49.6 Å². The molecule has 0 saturated heterocycles. The number of fused-ring (bicyclic) bond motifs is 1. The van der Waals surface area contributed by atoms with Crippen LogP contribution in [0, 0.1) is 0 Å². The van der Waals surface area contributed by atoms with Gasteiger partial charge in [0, 0.05) is 36.1 Å². The molecule has 1 saturated carbocycles. The molecule has 0 bridgehead atoms. The van der Waals surface area contributed by atoms with Gasteiger partial charge >= 0.3 is 0 Å². The molecule has 1 unspecified atom stereocenters. The quantitative estimate of drug-likeness (QED) is 0.338. The summed E-state index contributed by atoms with van der Waals surface area (Å²) in [6, 6.07) is 12.8. The van der Waals surface area contributed by atoms with Crippen LogP contribution >= 0.6 is 0 Å². The molecule has 0 amide bonds. The van der Waals surface area contributed by atoms with E-state index >= 15 is 0 Å². The monoisotopic (exact) mass is 444 g/mol. The highest BCUT2D eigenvalue weighted by atomic mass is 32.2. The molecule has 8 nitrogen and oxygen atoms in total. The Balaban J connectivity index is 1.23. The maximum Gasteiger partial charge on any atom is 0.232 e. The highest BCUT2D eigenvalue weighted by molar-refractivity contribution is 7.92. The van der Waals surface area contributed by atoms with Crippen LogP contribution in [0.4, 0.5) is 5.69 Å². The van der Waals surface area contributed by atoms with E-state index in [-0.39, 0.29) is 5.75 Å². The third-order valence-corrected chi connectivity index (χ3v) is 6.64. The van der Waals surface area contributed by atoms with Gasteiger partial charge in [-0.2, -0.15) is 5.10 Å². The summed E-state index contributed by atoms with van der Waals surface area (Å²) in [6.07, 6.45) is 1.68. The van der Waals surface area contributed by atoms with Crippen LogP contribution in [-0.4, -0.2) is 49.2 Å². The van der Waals surface area contributed by atoms with Crippen molar-refractivity contribution in [2.24, 2.45) is 0 Å². The second-order valence-corrected chi connectivity index (χ2v) is 9.80. The SMILES string of the molecule is CCS(=O)(=O)Nc1cccc(C(O)CNCCOc2ccc3c(C4CC4)n[nH]c3c2)c1. The number of aliphatic hydroxyl groups is 1. The van der Waals surface area contributed by atoms with Crippen molar-refractivity contribution in [2.45, 2.75) is 31.8 Å². The number of aromatic amines is 1. The standard InChI is InChI=1S/C22H28N4O4S/c1-2-31(28,29)26-17-5-3-4-16(12-17)21(27)14-23-10-11-30-18-8-9-19-20(13-18)24-25-22(19)15-6-7-15/h3-5,8-9,12-13,15,21,23,26-27H,2,6-7,10-11,14H2,1H3,(H,24,25). The van der Waals surface area contributed by atoms with E-state index in [1.54, 1.807) is 31.2 Å². The minimum absolute atomic E-state index is 0.00365. The number of nitrogens with one attached hydrogen (secondary N) is 3. The number of H-pyrrole nitrogens is 1. The minimum Gasteiger partial charge on any atom is -0.492 e. The molecule has 0 aliphatic heterocycles. The van der Waals surface area contributed by atoms with E-state index < -0.39 is 16.1 Å². The average Bonchev–Trinajstić information content (AvgIpc) is 3.52. The topological polar surface area (TPSA) is 116 Å². The molecule has 1 heterocycles. The van der Waals surface area contributed by atoms with Gasteiger partial charge in [0.15, 0.2) is 0 Å². The second kappa shape index (κ2) is 9.25. The van der Waals surface area contributed by atoms with Gasteiger partial charge in [0.2, 0.25) is 10.0 Å². The summed E-state index contributed by atoms with van der Waals surface area (Å²) in [7, 11) is -3.35. The zero-order valence-corrected chi connectivity index (χ0v) is 18.3. The van der Waals surface area contributed by atoms with Gasteiger partial charge in [-0.3, -0.25) is 9.82 Å². The normalized spacial score (nSPS) is 15.2. The third kappa shape index (κ3) is 5.55. The summed E-state index contributed by atoms with van der Waals surface area (Å²) in [5.74, 6) is 1.37. The number of benzene rings is 2. The molecule has 1 atom stereocenters. The first-order chi connectivity index (χ1) is 14.9. The van der Waals surface area contributed by atoms with Crippen LogP contribution in [0.15, 0.2) is 42.5 Å². The van der Waals surface area contributed by atoms with E-state index in [4.69, 9.17) is 4.74 Å². The van der Waals surface area contributed by atoms with Gasteiger partial charge in [-0.15, -0.1) is 0 Å². The fourth-order valence-electron chi connectivity index (χ4n) is 3.44. The zero-order chi connectivity index (χ0) is 21.8. The number of nitrogens with zero attached hydrogens (tertiary/aromatic N) is 1. The Kier molecular flexibility index (Phi) is 6.45. The molecule has 1 aliphatic rings. The molecular weight excluding hydrogens is 416 g/mol. The number of anilines is 1. The zero-order valence-electron chi connectivity index (χ0n) is 17.5. The fourth-order valence-corrected chi connectivity index (χ4v) is 4.07. The molecule has 1 aromatic heterocycles. The second-order valence-electron chi connectivity index (χ2n) is 7.79. The summed E-state index contributed by atoms with van der Waals surface area (Å²) >= 11 is 0. The molecule has 4 N–H and O–H groups in total. The van der Waals surface area contributed by atoms with E-state index in [9.17, 15) is 13.5 Å². The van der Waals surface area contributed by atoms with Crippen LogP contribution in [0.1, 0.15) is 43.0 Å². The minimum atomic E-state index is -3.35. The van der Waals surface area contributed by atoms with E-state index in [0.29, 0.717) is 36.9 Å². The summed E-state index contributed by atoms with van der Waals surface area (Å²) in [5, 5.41) is 22.2. The summed E-state index contributed by atoms with van der Waals surface area (Å²) < 4.78 is 31.7. The Hall–Kier alpha value is -2.62. The number of hydrogen-bond donors (Lipinski definition) is 4. The van der Waals surface area contributed by atoms with E-state index in [2.05, 4.69) is 26.3 Å². The van der Waals surface area contributed by atoms with Crippen LogP contribution in [0.25, 0.3) is 10.9 Å². The molecule has 9 heteroatoms. The fraction of sp³-hybridized carbons (Fsp3) is 0.409. The average molecular weight is 445 g/mol. The van der Waals surface area contributed by atoms with Crippen molar-refractivity contribution < 1.29 is 18.3 Å². The van der Waals surface area contributed by atoms with Crippen molar-refractivity contribution >= 4 is 26.6 Å². The van der Waals surface area contributed by atoms with E-state index in [1.807, 2.05) is 12.1 Å². The lowest BCUT2D eigenvalue weighted by Gasteiger charge is -2.14. The van der Waals surface area contributed by atoms with Crippen molar-refractivity contribution in [1.82, 2.24) is 15.5 Å². The largest absolute Gasteiger partial charge is 0.492 e. The van der Waals surface area contributed by atoms with Crippen molar-refractivity contribution in [2.75, 3.05) is 30.2 Å². The number of sulfonamides is 1. The highest BCUT2D eigenvalue weighted by Crippen LogP contribution is 2.42. The lowest BCUT2D eigenvalue weighted by molar-refractivity contribution is 0.172. The Morgan fingerprint density at radius 2 is 2.10 bits per heavy atom. The molecule has 0 radical (unpaired) electrons. The number of aromatic nitrogens is 2. The third-order valence-electron chi connectivity index (χ3n) is 5.34. The predicted octanol–water partition coefficient (Wildman–Crippen LogP) is 2.90.